The Morgan fingerprint density at radius 1 is 1.10 bits per heavy atom. The Labute approximate surface area is 182 Å². The van der Waals surface area contributed by atoms with Crippen molar-refractivity contribution >= 4 is 29.1 Å². The maximum atomic E-state index is 12.7. The Morgan fingerprint density at radius 3 is 2.48 bits per heavy atom. The number of ether oxygens (including phenoxy) is 1. The number of carbonyl (C=O) groups excluding carboxylic acids is 3. The summed E-state index contributed by atoms with van der Waals surface area (Å²) in [5.41, 5.74) is 1.91. The van der Waals surface area contributed by atoms with Crippen molar-refractivity contribution in [3.05, 3.63) is 54.1 Å². The van der Waals surface area contributed by atoms with Gasteiger partial charge >= 0.3 is 0 Å². The van der Waals surface area contributed by atoms with Gasteiger partial charge in [0.2, 0.25) is 5.91 Å². The lowest BCUT2D eigenvalue weighted by Crippen LogP contribution is -2.50. The maximum Gasteiger partial charge on any atom is 0.262 e. The fourth-order valence-corrected chi connectivity index (χ4v) is 3.28. The van der Waals surface area contributed by atoms with Gasteiger partial charge in [0.05, 0.1) is 18.8 Å². The molecule has 0 bridgehead atoms. The molecule has 0 spiro atoms. The van der Waals surface area contributed by atoms with Crippen LogP contribution in [0.4, 0.5) is 11.4 Å². The van der Waals surface area contributed by atoms with Gasteiger partial charge in [-0.25, -0.2) is 0 Å². The molecule has 1 aliphatic heterocycles. The van der Waals surface area contributed by atoms with Gasteiger partial charge in [-0.2, -0.15) is 0 Å². The number of benzene rings is 2. The van der Waals surface area contributed by atoms with Crippen molar-refractivity contribution in [1.82, 2.24) is 10.2 Å². The van der Waals surface area contributed by atoms with E-state index in [0.717, 1.165) is 12.1 Å². The molecule has 2 aromatic rings. The number of amides is 3. The second-order valence-electron chi connectivity index (χ2n) is 7.57. The number of rotatable bonds is 7. The molecule has 2 N–H and O–H groups in total. The van der Waals surface area contributed by atoms with Crippen LogP contribution in [0.3, 0.4) is 0 Å². The van der Waals surface area contributed by atoms with E-state index >= 15 is 0 Å². The Morgan fingerprint density at radius 2 is 1.81 bits per heavy atom. The minimum Gasteiger partial charge on any atom is -0.477 e. The number of fused-ring (bicyclic) bond motifs is 1. The average Bonchev–Trinajstić information content (AvgIpc) is 2.77. The molecule has 8 nitrogen and oxygen atoms in total. The highest BCUT2D eigenvalue weighted by molar-refractivity contribution is 5.97. The minimum absolute atomic E-state index is 0.0658. The number of anilines is 2. The summed E-state index contributed by atoms with van der Waals surface area (Å²) in [7, 11) is 3.38. The van der Waals surface area contributed by atoms with E-state index in [9.17, 15) is 14.4 Å². The molecular weight excluding hydrogens is 396 g/mol. The van der Waals surface area contributed by atoms with Gasteiger partial charge in [-0.15, -0.1) is 0 Å². The summed E-state index contributed by atoms with van der Waals surface area (Å²) in [4.78, 5) is 40.5. The summed E-state index contributed by atoms with van der Waals surface area (Å²) < 4.78 is 5.85. The van der Waals surface area contributed by atoms with E-state index in [1.165, 1.54) is 4.90 Å². The number of hydrogen-bond donors (Lipinski definition) is 2. The highest BCUT2D eigenvalue weighted by Crippen LogP contribution is 2.33. The second kappa shape index (κ2) is 9.97. The Balaban J connectivity index is 1.68. The first-order valence-corrected chi connectivity index (χ1v) is 10.3. The van der Waals surface area contributed by atoms with Gasteiger partial charge < -0.3 is 25.2 Å². The molecule has 0 fully saturated rings. The number of carbonyl (C=O) groups is 3. The first kappa shape index (κ1) is 22.1. The molecule has 0 saturated carbocycles. The molecule has 164 valence electrons. The first-order valence-electron chi connectivity index (χ1n) is 10.3. The van der Waals surface area contributed by atoms with Crippen LogP contribution in [0.1, 0.15) is 23.7 Å². The van der Waals surface area contributed by atoms with Crippen molar-refractivity contribution in [3.8, 4) is 5.75 Å². The fourth-order valence-electron chi connectivity index (χ4n) is 3.28. The van der Waals surface area contributed by atoms with Crippen molar-refractivity contribution in [3.63, 3.8) is 0 Å². The molecule has 0 unspecified atom stereocenters. The van der Waals surface area contributed by atoms with Gasteiger partial charge in [-0.1, -0.05) is 19.1 Å². The normalized spacial score (nSPS) is 14.8. The zero-order valence-corrected chi connectivity index (χ0v) is 18.1. The quantitative estimate of drug-likeness (QED) is 0.711. The van der Waals surface area contributed by atoms with E-state index in [0.29, 0.717) is 23.5 Å². The predicted octanol–water partition coefficient (Wildman–Crippen LogP) is 2.12. The summed E-state index contributed by atoms with van der Waals surface area (Å²) in [5.74, 6) is 0.0546. The van der Waals surface area contributed by atoms with E-state index in [4.69, 9.17) is 4.74 Å². The van der Waals surface area contributed by atoms with Crippen molar-refractivity contribution in [2.45, 2.75) is 19.4 Å². The Bertz CT molecular complexity index is 943. The molecule has 0 aromatic heterocycles. The average molecular weight is 425 g/mol. The zero-order chi connectivity index (χ0) is 22.4. The Kier molecular flexibility index (Phi) is 7.12. The van der Waals surface area contributed by atoms with E-state index < -0.39 is 6.10 Å². The number of hydrogen-bond acceptors (Lipinski definition) is 5. The van der Waals surface area contributed by atoms with Gasteiger partial charge in [0.15, 0.2) is 6.10 Å². The molecule has 0 radical (unpaired) electrons. The second-order valence-corrected chi connectivity index (χ2v) is 7.57. The lowest BCUT2D eigenvalue weighted by atomic mass is 10.1. The van der Waals surface area contributed by atoms with Gasteiger partial charge in [0, 0.05) is 31.9 Å². The van der Waals surface area contributed by atoms with E-state index in [1.54, 1.807) is 44.4 Å². The molecule has 0 saturated heterocycles. The SMILES string of the molecule is CCCNC(=O)[C@H]1CN(CC(=O)Nc2ccc(C(=O)N(C)C)cc2)c2ccccc2O1. The third kappa shape index (κ3) is 5.53. The monoisotopic (exact) mass is 424 g/mol. The summed E-state index contributed by atoms with van der Waals surface area (Å²) in [5, 5.41) is 5.69. The van der Waals surface area contributed by atoms with Crippen LogP contribution >= 0.6 is 0 Å². The van der Waals surface area contributed by atoms with E-state index in [-0.39, 0.29) is 30.8 Å². The van der Waals surface area contributed by atoms with Gasteiger partial charge in [0.1, 0.15) is 5.75 Å². The van der Waals surface area contributed by atoms with Gasteiger partial charge in [-0.05, 0) is 42.8 Å². The molecule has 2 aromatic carbocycles. The van der Waals surface area contributed by atoms with Crippen molar-refractivity contribution in [2.24, 2.45) is 0 Å². The Hall–Kier alpha value is -3.55. The third-order valence-corrected chi connectivity index (χ3v) is 4.86. The van der Waals surface area contributed by atoms with E-state index in [2.05, 4.69) is 10.6 Å². The van der Waals surface area contributed by atoms with Crippen molar-refractivity contribution in [2.75, 3.05) is 43.9 Å². The fraction of sp³-hybridized carbons (Fsp3) is 0.348. The minimum atomic E-state index is -0.689. The smallest absolute Gasteiger partial charge is 0.262 e. The zero-order valence-electron chi connectivity index (χ0n) is 18.1. The van der Waals surface area contributed by atoms with Gasteiger partial charge in [0.25, 0.3) is 11.8 Å². The molecule has 31 heavy (non-hydrogen) atoms. The molecule has 1 heterocycles. The lowest BCUT2D eigenvalue weighted by molar-refractivity contribution is -0.128. The molecule has 3 amide bonds. The highest BCUT2D eigenvalue weighted by Gasteiger charge is 2.31. The van der Waals surface area contributed by atoms with Crippen LogP contribution in [0.15, 0.2) is 48.5 Å². The van der Waals surface area contributed by atoms with Crippen LogP contribution in [-0.2, 0) is 9.59 Å². The molecule has 1 atom stereocenters. The summed E-state index contributed by atoms with van der Waals surface area (Å²) in [6.45, 7) is 2.90. The first-order chi connectivity index (χ1) is 14.9. The third-order valence-electron chi connectivity index (χ3n) is 4.86. The summed E-state index contributed by atoms with van der Waals surface area (Å²) in [6.07, 6.45) is 0.144. The molecule has 1 aliphatic rings. The number of nitrogens with zero attached hydrogens (tertiary/aromatic N) is 2. The standard InChI is InChI=1S/C23H28N4O4/c1-4-13-24-22(29)20-14-27(18-7-5-6-8-19(18)31-20)15-21(28)25-17-11-9-16(10-12-17)23(30)26(2)3/h5-12,20H,4,13-15H2,1-3H3,(H,24,29)(H,25,28)/t20-/m1/s1. The lowest BCUT2D eigenvalue weighted by Gasteiger charge is -2.35. The predicted molar refractivity (Wildman–Crippen MR) is 119 cm³/mol. The highest BCUT2D eigenvalue weighted by atomic mass is 16.5. The molecule has 0 aliphatic carbocycles. The molecule has 3 rings (SSSR count). The largest absolute Gasteiger partial charge is 0.477 e. The van der Waals surface area contributed by atoms with Crippen molar-refractivity contribution in [1.29, 1.82) is 0 Å². The molecule has 8 heteroatoms. The molecular formula is C23H28N4O4. The van der Waals surface area contributed by atoms with Crippen LogP contribution in [0, 0.1) is 0 Å². The summed E-state index contributed by atoms with van der Waals surface area (Å²) >= 11 is 0. The van der Waals surface area contributed by atoms with Crippen LogP contribution in [0.2, 0.25) is 0 Å². The van der Waals surface area contributed by atoms with Crippen LogP contribution in [0.5, 0.6) is 5.75 Å². The maximum absolute atomic E-state index is 12.7. The van der Waals surface area contributed by atoms with Crippen LogP contribution in [-0.4, -0.2) is 62.5 Å². The van der Waals surface area contributed by atoms with E-state index in [1.807, 2.05) is 30.0 Å². The number of nitrogens with one attached hydrogen (secondary N) is 2. The van der Waals surface area contributed by atoms with Crippen LogP contribution in [0.25, 0.3) is 0 Å². The van der Waals surface area contributed by atoms with Crippen LogP contribution < -0.4 is 20.3 Å². The van der Waals surface area contributed by atoms with Gasteiger partial charge in [-0.3, -0.25) is 14.4 Å². The summed E-state index contributed by atoms with van der Waals surface area (Å²) in [6, 6.07) is 14.1. The van der Waals surface area contributed by atoms with Crippen molar-refractivity contribution < 1.29 is 19.1 Å². The number of para-hydroxylation sites is 2. The topological polar surface area (TPSA) is 91.0 Å².